The number of aromatic amines is 1. The summed E-state index contributed by atoms with van der Waals surface area (Å²) in [4.78, 5) is 58.2. The zero-order chi connectivity index (χ0) is 21.2. The summed E-state index contributed by atoms with van der Waals surface area (Å²) in [5, 5.41) is 5.46. The van der Waals surface area contributed by atoms with Crippen LogP contribution in [-0.2, 0) is 25.6 Å². The largest absolute Gasteiger partial charge is 0.368 e. The fourth-order valence-electron chi connectivity index (χ4n) is 3.48. The lowest BCUT2D eigenvalue weighted by molar-refractivity contribution is -0.141. The van der Waals surface area contributed by atoms with E-state index in [4.69, 9.17) is 5.73 Å². The first-order chi connectivity index (χ1) is 13.7. The summed E-state index contributed by atoms with van der Waals surface area (Å²) in [5.74, 6) is -1.19. The standard InChI is InChI=1S/C18H26N6O4S/c1-18(2)17(28)23-12(8-29-18)15(26)22-11(6-10-7-20-9-21-10)16(27)24-5-3-4-13(24)14(19)25/h7,9,11-13H,3-6,8H2,1-2H3,(H2,19,25)(H,20,21)(H,22,26)(H,23,28). The van der Waals surface area contributed by atoms with Gasteiger partial charge in [0, 0.05) is 24.9 Å². The number of amides is 4. The SMILES string of the molecule is CC1(C)SCC(C(=O)NC(Cc2c[nH]cn2)C(=O)N2CCCC2C(N)=O)NC1=O. The van der Waals surface area contributed by atoms with E-state index in [2.05, 4.69) is 20.6 Å². The molecule has 0 aliphatic carbocycles. The number of hydrogen-bond acceptors (Lipinski definition) is 6. The molecule has 2 aliphatic heterocycles. The van der Waals surface area contributed by atoms with E-state index in [1.54, 1.807) is 20.0 Å². The number of carbonyl (C=O) groups excluding carboxylic acids is 4. The molecule has 29 heavy (non-hydrogen) atoms. The van der Waals surface area contributed by atoms with Crippen LogP contribution in [0.2, 0.25) is 0 Å². The third-order valence-corrected chi connectivity index (χ3v) is 6.63. The van der Waals surface area contributed by atoms with Gasteiger partial charge in [-0.1, -0.05) is 0 Å². The Morgan fingerprint density at radius 3 is 2.83 bits per heavy atom. The molecular weight excluding hydrogens is 396 g/mol. The van der Waals surface area contributed by atoms with Gasteiger partial charge < -0.3 is 26.3 Å². The molecule has 2 saturated heterocycles. The van der Waals surface area contributed by atoms with Crippen LogP contribution in [0.25, 0.3) is 0 Å². The Balaban J connectivity index is 1.73. The predicted octanol–water partition coefficient (Wildman–Crippen LogP) is -1.08. The van der Waals surface area contributed by atoms with Gasteiger partial charge in [-0.2, -0.15) is 0 Å². The smallest absolute Gasteiger partial charge is 0.246 e. The van der Waals surface area contributed by atoms with Crippen molar-refractivity contribution in [1.29, 1.82) is 0 Å². The normalized spacial score (nSPS) is 24.6. The van der Waals surface area contributed by atoms with Crippen molar-refractivity contribution in [3.63, 3.8) is 0 Å². The van der Waals surface area contributed by atoms with Crippen molar-refractivity contribution in [3.8, 4) is 0 Å². The van der Waals surface area contributed by atoms with Gasteiger partial charge in [0.05, 0.1) is 16.8 Å². The number of primary amides is 1. The number of thioether (sulfide) groups is 1. The lowest BCUT2D eigenvalue weighted by Crippen LogP contribution is -2.60. The summed E-state index contributed by atoms with van der Waals surface area (Å²) in [5.41, 5.74) is 6.03. The Kier molecular flexibility index (Phi) is 6.15. The lowest BCUT2D eigenvalue weighted by Gasteiger charge is -2.34. The summed E-state index contributed by atoms with van der Waals surface area (Å²) in [6.07, 6.45) is 4.47. The Morgan fingerprint density at radius 2 is 2.21 bits per heavy atom. The summed E-state index contributed by atoms with van der Waals surface area (Å²) < 4.78 is -0.606. The number of H-pyrrole nitrogens is 1. The fourth-order valence-corrected chi connectivity index (χ4v) is 4.49. The van der Waals surface area contributed by atoms with E-state index >= 15 is 0 Å². The van der Waals surface area contributed by atoms with Crippen molar-refractivity contribution in [3.05, 3.63) is 18.2 Å². The minimum Gasteiger partial charge on any atom is -0.368 e. The second kappa shape index (κ2) is 8.44. The van der Waals surface area contributed by atoms with Gasteiger partial charge in [-0.05, 0) is 26.7 Å². The number of carbonyl (C=O) groups is 4. The minimum absolute atomic E-state index is 0.162. The molecule has 0 aromatic carbocycles. The topological polar surface area (TPSA) is 150 Å². The first-order valence-electron chi connectivity index (χ1n) is 9.52. The number of nitrogens with two attached hydrogens (primary N) is 1. The van der Waals surface area contributed by atoms with E-state index in [0.29, 0.717) is 30.8 Å². The van der Waals surface area contributed by atoms with Crippen LogP contribution in [0.15, 0.2) is 12.5 Å². The summed E-state index contributed by atoms with van der Waals surface area (Å²) in [6, 6.07) is -2.32. The number of nitrogens with zero attached hydrogens (tertiary/aromatic N) is 2. The first-order valence-corrected chi connectivity index (χ1v) is 10.5. The van der Waals surface area contributed by atoms with Crippen molar-refractivity contribution in [2.45, 2.75) is 56.0 Å². The molecule has 0 spiro atoms. The number of nitrogens with one attached hydrogen (secondary N) is 3. The number of likely N-dealkylation sites (tertiary alicyclic amines) is 1. The highest BCUT2D eigenvalue weighted by Crippen LogP contribution is 2.29. The maximum atomic E-state index is 13.1. The third kappa shape index (κ3) is 4.72. The van der Waals surface area contributed by atoms with E-state index < -0.39 is 34.7 Å². The van der Waals surface area contributed by atoms with Crippen molar-refractivity contribution < 1.29 is 19.2 Å². The quantitative estimate of drug-likeness (QED) is 0.458. The molecule has 2 fully saturated rings. The number of aromatic nitrogens is 2. The van der Waals surface area contributed by atoms with Crippen LogP contribution < -0.4 is 16.4 Å². The average molecular weight is 423 g/mol. The molecule has 0 saturated carbocycles. The number of imidazole rings is 1. The van der Waals surface area contributed by atoms with Crippen LogP contribution in [0.5, 0.6) is 0 Å². The second-order valence-corrected chi connectivity index (χ2v) is 9.41. The molecule has 158 valence electrons. The Bertz CT molecular complexity index is 796. The van der Waals surface area contributed by atoms with E-state index in [1.165, 1.54) is 23.0 Å². The molecular formula is C18H26N6O4S. The molecule has 3 heterocycles. The molecule has 10 nitrogen and oxygen atoms in total. The summed E-state index contributed by atoms with van der Waals surface area (Å²) >= 11 is 1.39. The van der Waals surface area contributed by atoms with Gasteiger partial charge >= 0.3 is 0 Å². The minimum atomic E-state index is -0.914. The van der Waals surface area contributed by atoms with Gasteiger partial charge in [-0.15, -0.1) is 11.8 Å². The number of rotatable bonds is 6. The van der Waals surface area contributed by atoms with Crippen molar-refractivity contribution in [2.75, 3.05) is 12.3 Å². The third-order valence-electron chi connectivity index (χ3n) is 5.23. The van der Waals surface area contributed by atoms with Crippen LogP contribution >= 0.6 is 11.8 Å². The van der Waals surface area contributed by atoms with Gasteiger partial charge in [-0.3, -0.25) is 19.2 Å². The van der Waals surface area contributed by atoms with Crippen LogP contribution in [0.3, 0.4) is 0 Å². The molecule has 11 heteroatoms. The monoisotopic (exact) mass is 422 g/mol. The molecule has 1 aromatic rings. The maximum Gasteiger partial charge on any atom is 0.246 e. The van der Waals surface area contributed by atoms with E-state index in [1.807, 2.05) is 0 Å². The molecule has 3 atom stereocenters. The van der Waals surface area contributed by atoms with Gasteiger partial charge in [0.25, 0.3) is 0 Å². The highest BCUT2D eigenvalue weighted by atomic mass is 32.2. The lowest BCUT2D eigenvalue weighted by atomic mass is 10.1. The molecule has 5 N–H and O–H groups in total. The molecule has 1 aromatic heterocycles. The predicted molar refractivity (Wildman–Crippen MR) is 107 cm³/mol. The van der Waals surface area contributed by atoms with Crippen molar-refractivity contribution in [2.24, 2.45) is 5.73 Å². The Morgan fingerprint density at radius 1 is 1.45 bits per heavy atom. The fraction of sp³-hybridized carbons (Fsp3) is 0.611. The average Bonchev–Trinajstić information content (AvgIpc) is 3.34. The molecule has 3 unspecified atom stereocenters. The summed E-state index contributed by atoms with van der Waals surface area (Å²) in [6.45, 7) is 3.99. The first kappa shape index (κ1) is 21.2. The van der Waals surface area contributed by atoms with Crippen molar-refractivity contribution in [1.82, 2.24) is 25.5 Å². The maximum absolute atomic E-state index is 13.1. The van der Waals surface area contributed by atoms with Crippen LogP contribution in [-0.4, -0.2) is 73.7 Å². The molecule has 3 rings (SSSR count). The van der Waals surface area contributed by atoms with Gasteiger partial charge in [0.1, 0.15) is 18.1 Å². The van der Waals surface area contributed by atoms with Gasteiger partial charge in [0.2, 0.25) is 23.6 Å². The van der Waals surface area contributed by atoms with Crippen LogP contribution in [0, 0.1) is 0 Å². The highest BCUT2D eigenvalue weighted by molar-refractivity contribution is 8.01. The summed E-state index contributed by atoms with van der Waals surface area (Å²) in [7, 11) is 0. The van der Waals surface area contributed by atoms with Gasteiger partial charge in [0.15, 0.2) is 0 Å². The highest BCUT2D eigenvalue weighted by Gasteiger charge is 2.40. The van der Waals surface area contributed by atoms with E-state index in [0.717, 1.165) is 0 Å². The molecule has 0 bridgehead atoms. The van der Waals surface area contributed by atoms with E-state index in [-0.39, 0.29) is 18.2 Å². The Hall–Kier alpha value is -2.56. The van der Waals surface area contributed by atoms with Gasteiger partial charge in [-0.25, -0.2) is 4.98 Å². The van der Waals surface area contributed by atoms with Crippen molar-refractivity contribution >= 4 is 35.4 Å². The van der Waals surface area contributed by atoms with Crippen LogP contribution in [0.4, 0.5) is 0 Å². The van der Waals surface area contributed by atoms with E-state index in [9.17, 15) is 19.2 Å². The molecule has 2 aliphatic rings. The number of hydrogen-bond donors (Lipinski definition) is 4. The molecule has 4 amide bonds. The Labute approximate surface area is 172 Å². The van der Waals surface area contributed by atoms with Crippen LogP contribution in [0.1, 0.15) is 32.4 Å². The second-order valence-electron chi connectivity index (χ2n) is 7.77. The zero-order valence-electron chi connectivity index (χ0n) is 16.4. The zero-order valence-corrected chi connectivity index (χ0v) is 17.3. The molecule has 0 radical (unpaired) electrons.